The summed E-state index contributed by atoms with van der Waals surface area (Å²) in [6.07, 6.45) is 0. The first-order valence-electron chi connectivity index (χ1n) is 7.04. The number of amides is 1. The topological polar surface area (TPSA) is 73.4 Å². The first kappa shape index (κ1) is 17.6. The summed E-state index contributed by atoms with van der Waals surface area (Å²) in [6.45, 7) is 2.41. The minimum absolute atomic E-state index is 0.0658. The Morgan fingerprint density at radius 1 is 1.08 bits per heavy atom. The van der Waals surface area contributed by atoms with Gasteiger partial charge in [0.15, 0.2) is 5.11 Å². The van der Waals surface area contributed by atoms with E-state index in [0.717, 1.165) is 18.2 Å². The SMILES string of the molecule is CCNC(=S)NNC(=O)c1cc(-c2cc(F)cc(F)c2)ccc1O. The summed E-state index contributed by atoms with van der Waals surface area (Å²) in [4.78, 5) is 12.1. The number of benzene rings is 2. The number of hydrogen-bond acceptors (Lipinski definition) is 3. The molecule has 126 valence electrons. The molecule has 0 bridgehead atoms. The number of phenols is 1. The quantitative estimate of drug-likeness (QED) is 0.505. The fourth-order valence-electron chi connectivity index (χ4n) is 2.00. The molecule has 0 aliphatic heterocycles. The van der Waals surface area contributed by atoms with Crippen LogP contribution in [0.2, 0.25) is 0 Å². The molecule has 0 atom stereocenters. The molecule has 0 spiro atoms. The van der Waals surface area contributed by atoms with Gasteiger partial charge in [0.2, 0.25) is 0 Å². The molecule has 24 heavy (non-hydrogen) atoms. The van der Waals surface area contributed by atoms with E-state index in [9.17, 15) is 18.7 Å². The van der Waals surface area contributed by atoms with Crippen LogP contribution in [0.3, 0.4) is 0 Å². The van der Waals surface area contributed by atoms with Gasteiger partial charge in [-0.05, 0) is 54.5 Å². The maximum absolute atomic E-state index is 13.3. The summed E-state index contributed by atoms with van der Waals surface area (Å²) in [5.41, 5.74) is 5.36. The number of carbonyl (C=O) groups is 1. The molecule has 0 aliphatic carbocycles. The van der Waals surface area contributed by atoms with Crippen molar-refractivity contribution in [3.05, 3.63) is 53.6 Å². The van der Waals surface area contributed by atoms with Crippen LogP contribution in [-0.4, -0.2) is 22.7 Å². The Hall–Kier alpha value is -2.74. The number of aromatic hydroxyl groups is 1. The van der Waals surface area contributed by atoms with Gasteiger partial charge in [0.05, 0.1) is 5.56 Å². The predicted octanol–water partition coefficient (Wildman–Crippen LogP) is 2.47. The molecule has 0 aliphatic rings. The molecular weight excluding hydrogens is 336 g/mol. The molecule has 0 saturated carbocycles. The second-order valence-corrected chi connectivity index (χ2v) is 5.24. The molecule has 2 aromatic carbocycles. The van der Waals surface area contributed by atoms with E-state index < -0.39 is 17.5 Å². The van der Waals surface area contributed by atoms with E-state index in [1.807, 2.05) is 6.92 Å². The minimum atomic E-state index is -0.735. The molecule has 0 fully saturated rings. The van der Waals surface area contributed by atoms with Gasteiger partial charge >= 0.3 is 0 Å². The molecule has 1 amide bonds. The Morgan fingerprint density at radius 3 is 2.38 bits per heavy atom. The largest absolute Gasteiger partial charge is 0.507 e. The number of hydrazine groups is 1. The van der Waals surface area contributed by atoms with Gasteiger partial charge in [-0.2, -0.15) is 0 Å². The van der Waals surface area contributed by atoms with E-state index >= 15 is 0 Å². The Morgan fingerprint density at radius 2 is 1.75 bits per heavy atom. The maximum Gasteiger partial charge on any atom is 0.273 e. The van der Waals surface area contributed by atoms with Gasteiger partial charge in [-0.15, -0.1) is 0 Å². The number of hydrogen-bond donors (Lipinski definition) is 4. The van der Waals surface area contributed by atoms with Crippen molar-refractivity contribution in [2.45, 2.75) is 6.92 Å². The predicted molar refractivity (Wildman–Crippen MR) is 90.3 cm³/mol. The molecule has 4 N–H and O–H groups in total. The van der Waals surface area contributed by atoms with Crippen molar-refractivity contribution < 1.29 is 18.7 Å². The molecule has 2 rings (SSSR count). The summed E-state index contributed by atoms with van der Waals surface area (Å²) in [5, 5.41) is 12.8. The summed E-state index contributed by atoms with van der Waals surface area (Å²) in [5.74, 6) is -2.39. The highest BCUT2D eigenvalue weighted by atomic mass is 32.1. The third kappa shape index (κ3) is 4.39. The summed E-state index contributed by atoms with van der Waals surface area (Å²) < 4.78 is 26.7. The van der Waals surface area contributed by atoms with E-state index in [2.05, 4.69) is 16.2 Å². The number of thiocarbonyl (C=S) groups is 1. The molecule has 0 unspecified atom stereocenters. The molecule has 2 aromatic rings. The van der Waals surface area contributed by atoms with Gasteiger partial charge in [-0.25, -0.2) is 8.78 Å². The maximum atomic E-state index is 13.3. The van der Waals surface area contributed by atoms with E-state index in [-0.39, 0.29) is 22.0 Å². The Balaban J connectivity index is 2.25. The van der Waals surface area contributed by atoms with Crippen LogP contribution in [0.15, 0.2) is 36.4 Å². The van der Waals surface area contributed by atoms with Crippen LogP contribution in [0.4, 0.5) is 8.78 Å². The fourth-order valence-corrected chi connectivity index (χ4v) is 2.20. The van der Waals surface area contributed by atoms with Crippen molar-refractivity contribution >= 4 is 23.2 Å². The van der Waals surface area contributed by atoms with Crippen LogP contribution in [0, 0.1) is 11.6 Å². The summed E-state index contributed by atoms with van der Waals surface area (Å²) >= 11 is 4.90. The van der Waals surface area contributed by atoms with Gasteiger partial charge < -0.3 is 10.4 Å². The van der Waals surface area contributed by atoms with Crippen molar-refractivity contribution in [3.8, 4) is 16.9 Å². The fraction of sp³-hybridized carbons (Fsp3) is 0.125. The van der Waals surface area contributed by atoms with E-state index in [4.69, 9.17) is 12.2 Å². The van der Waals surface area contributed by atoms with Crippen LogP contribution in [-0.2, 0) is 0 Å². The Kier molecular flexibility index (Phi) is 5.64. The number of carbonyl (C=O) groups excluding carboxylic acids is 1. The Bertz CT molecular complexity index is 764. The second-order valence-electron chi connectivity index (χ2n) is 4.83. The molecule has 8 heteroatoms. The van der Waals surface area contributed by atoms with Crippen LogP contribution in [0.5, 0.6) is 5.75 Å². The Labute approximate surface area is 142 Å². The van der Waals surface area contributed by atoms with Crippen LogP contribution in [0.25, 0.3) is 11.1 Å². The normalized spacial score (nSPS) is 10.1. The third-order valence-electron chi connectivity index (χ3n) is 3.06. The molecule has 0 heterocycles. The molecule has 0 saturated heterocycles. The van der Waals surface area contributed by atoms with Gasteiger partial charge in [0, 0.05) is 12.6 Å². The van der Waals surface area contributed by atoms with Crippen LogP contribution >= 0.6 is 12.2 Å². The third-order valence-corrected chi connectivity index (χ3v) is 3.31. The molecule has 5 nitrogen and oxygen atoms in total. The lowest BCUT2D eigenvalue weighted by Crippen LogP contribution is -2.46. The molecular formula is C16H15F2N3O2S. The zero-order chi connectivity index (χ0) is 17.7. The van der Waals surface area contributed by atoms with Gasteiger partial charge in [0.1, 0.15) is 17.4 Å². The summed E-state index contributed by atoms with van der Waals surface area (Å²) in [6, 6.07) is 7.08. The zero-order valence-electron chi connectivity index (χ0n) is 12.7. The number of rotatable bonds is 3. The first-order chi connectivity index (χ1) is 11.4. The highest BCUT2D eigenvalue weighted by Gasteiger charge is 2.13. The molecule has 0 aromatic heterocycles. The lowest BCUT2D eigenvalue weighted by Gasteiger charge is -2.12. The highest BCUT2D eigenvalue weighted by molar-refractivity contribution is 7.80. The summed E-state index contributed by atoms with van der Waals surface area (Å²) in [7, 11) is 0. The lowest BCUT2D eigenvalue weighted by atomic mass is 10.0. The first-order valence-corrected chi connectivity index (χ1v) is 7.45. The smallest absolute Gasteiger partial charge is 0.273 e. The van der Waals surface area contributed by atoms with E-state index in [0.29, 0.717) is 12.1 Å². The number of halogens is 2. The monoisotopic (exact) mass is 351 g/mol. The van der Waals surface area contributed by atoms with Gasteiger partial charge in [0.25, 0.3) is 5.91 Å². The van der Waals surface area contributed by atoms with Crippen molar-refractivity contribution in [2.75, 3.05) is 6.54 Å². The van der Waals surface area contributed by atoms with Crippen molar-refractivity contribution in [3.63, 3.8) is 0 Å². The lowest BCUT2D eigenvalue weighted by molar-refractivity contribution is 0.0941. The average molecular weight is 351 g/mol. The van der Waals surface area contributed by atoms with Gasteiger partial charge in [-0.3, -0.25) is 15.6 Å². The van der Waals surface area contributed by atoms with Crippen LogP contribution < -0.4 is 16.2 Å². The van der Waals surface area contributed by atoms with Crippen molar-refractivity contribution in [2.24, 2.45) is 0 Å². The standard InChI is InChI=1S/C16H15F2N3O2S/c1-2-19-16(24)21-20-15(23)13-7-9(3-4-14(13)22)10-5-11(17)8-12(18)6-10/h3-8,22H,2H2,1H3,(H,20,23)(H2,19,21,24). The molecule has 0 radical (unpaired) electrons. The number of nitrogens with one attached hydrogen (secondary N) is 3. The van der Waals surface area contributed by atoms with Crippen molar-refractivity contribution in [1.82, 2.24) is 16.2 Å². The van der Waals surface area contributed by atoms with Crippen molar-refractivity contribution in [1.29, 1.82) is 0 Å². The highest BCUT2D eigenvalue weighted by Crippen LogP contribution is 2.27. The zero-order valence-corrected chi connectivity index (χ0v) is 13.5. The number of phenolic OH excluding ortho intramolecular Hbond substituents is 1. The second kappa shape index (κ2) is 7.69. The van der Waals surface area contributed by atoms with E-state index in [1.165, 1.54) is 18.2 Å². The van der Waals surface area contributed by atoms with Crippen LogP contribution in [0.1, 0.15) is 17.3 Å². The average Bonchev–Trinajstić information content (AvgIpc) is 2.52. The van der Waals surface area contributed by atoms with E-state index in [1.54, 1.807) is 0 Å². The van der Waals surface area contributed by atoms with Gasteiger partial charge in [-0.1, -0.05) is 6.07 Å². The minimum Gasteiger partial charge on any atom is -0.507 e.